The van der Waals surface area contributed by atoms with Crippen molar-refractivity contribution in [3.05, 3.63) is 108 Å². The van der Waals surface area contributed by atoms with Crippen LogP contribution in [0.1, 0.15) is 42.4 Å². The Morgan fingerprint density at radius 1 is 0.516 bits per heavy atom. The Labute approximate surface area is 185 Å². The second kappa shape index (κ2) is 6.81. The van der Waals surface area contributed by atoms with Crippen molar-refractivity contribution in [2.75, 3.05) is 0 Å². The molecular formula is C30H30O. The highest BCUT2D eigenvalue weighted by atomic mass is 16.5. The van der Waals surface area contributed by atoms with E-state index in [9.17, 15) is 0 Å². The van der Waals surface area contributed by atoms with E-state index in [-0.39, 0.29) is 0 Å². The van der Waals surface area contributed by atoms with Crippen LogP contribution in [0.5, 0.6) is 0 Å². The first kappa shape index (κ1) is 18.2. The zero-order chi connectivity index (χ0) is 20.4. The molecule has 7 atom stereocenters. The molecule has 0 bridgehead atoms. The van der Waals surface area contributed by atoms with Crippen LogP contribution < -0.4 is 0 Å². The number of rotatable bonds is 5. The Bertz CT molecular complexity index is 963. The van der Waals surface area contributed by atoms with Crippen LogP contribution in [0.4, 0.5) is 0 Å². The smallest absolute Gasteiger partial charge is 0.144 e. The third-order valence-electron chi connectivity index (χ3n) is 9.11. The normalized spacial score (nSPS) is 35.0. The van der Waals surface area contributed by atoms with Gasteiger partial charge in [0.15, 0.2) is 0 Å². The summed E-state index contributed by atoms with van der Waals surface area (Å²) < 4.78 is 7.47. The fourth-order valence-electron chi connectivity index (χ4n) is 7.99. The van der Waals surface area contributed by atoms with Gasteiger partial charge in [0.1, 0.15) is 5.60 Å². The van der Waals surface area contributed by atoms with E-state index in [1.165, 1.54) is 42.4 Å². The standard InChI is InChI=1S/C30H30O/c1-4-12-20(13-5-1)30(21-14-6-2-7-15-21,22-16-8-3-9-17-22)31-29-26-24-19-11-10-18-23(24)25-27(26)28(25)29/h1-9,12-17,23-29H,10-11,18-19H2/t23-,24+,25-,26+,27-,28-,29+/m0/s1. The van der Waals surface area contributed by atoms with Gasteiger partial charge in [-0.25, -0.2) is 0 Å². The average molecular weight is 407 g/mol. The van der Waals surface area contributed by atoms with Gasteiger partial charge in [-0.2, -0.15) is 0 Å². The Morgan fingerprint density at radius 2 is 0.968 bits per heavy atom. The summed E-state index contributed by atoms with van der Waals surface area (Å²) in [6.07, 6.45) is 6.19. The highest BCUT2D eigenvalue weighted by Crippen LogP contribution is 2.80. The fourth-order valence-corrected chi connectivity index (χ4v) is 7.99. The molecule has 4 fully saturated rings. The number of benzene rings is 3. The quantitative estimate of drug-likeness (QED) is 0.430. The lowest BCUT2D eigenvalue weighted by Crippen LogP contribution is -2.50. The van der Waals surface area contributed by atoms with Crippen molar-refractivity contribution in [3.8, 4) is 0 Å². The summed E-state index contributed by atoms with van der Waals surface area (Å²) in [7, 11) is 0. The van der Waals surface area contributed by atoms with Crippen LogP contribution in [0.3, 0.4) is 0 Å². The summed E-state index contributed by atoms with van der Waals surface area (Å²) in [5.74, 6) is 5.45. The maximum absolute atomic E-state index is 7.47. The molecule has 4 saturated carbocycles. The number of fused-ring (bicyclic) bond motifs is 4. The molecule has 3 aromatic carbocycles. The lowest BCUT2D eigenvalue weighted by molar-refractivity contribution is -0.152. The van der Waals surface area contributed by atoms with Gasteiger partial charge in [0.05, 0.1) is 6.10 Å². The fraction of sp³-hybridized carbons (Fsp3) is 0.400. The molecule has 0 spiro atoms. The van der Waals surface area contributed by atoms with E-state index in [0.29, 0.717) is 6.10 Å². The van der Waals surface area contributed by atoms with Crippen LogP contribution in [0, 0.1) is 35.5 Å². The van der Waals surface area contributed by atoms with E-state index in [2.05, 4.69) is 91.0 Å². The predicted octanol–water partition coefficient (Wildman–Crippen LogP) is 6.68. The summed E-state index contributed by atoms with van der Waals surface area (Å²) in [6.45, 7) is 0. The van der Waals surface area contributed by atoms with Crippen molar-refractivity contribution in [2.45, 2.75) is 37.4 Å². The van der Waals surface area contributed by atoms with Crippen LogP contribution in [0.2, 0.25) is 0 Å². The molecule has 31 heavy (non-hydrogen) atoms. The lowest BCUT2D eigenvalue weighted by atomic mass is 9.63. The molecule has 3 aromatic rings. The maximum Gasteiger partial charge on any atom is 0.144 e. The summed E-state index contributed by atoms with van der Waals surface area (Å²) in [5.41, 5.74) is 3.18. The molecule has 0 aliphatic heterocycles. The minimum Gasteiger partial charge on any atom is -0.357 e. The number of ether oxygens (including phenoxy) is 1. The third kappa shape index (κ3) is 2.47. The molecule has 156 valence electrons. The highest BCUT2D eigenvalue weighted by Gasteiger charge is 2.79. The topological polar surface area (TPSA) is 9.23 Å². The summed E-state index contributed by atoms with van der Waals surface area (Å²) in [5, 5.41) is 0. The van der Waals surface area contributed by atoms with Crippen molar-refractivity contribution in [1.82, 2.24) is 0 Å². The van der Waals surface area contributed by atoms with Crippen molar-refractivity contribution in [3.63, 3.8) is 0 Å². The molecule has 1 heteroatoms. The Balaban J connectivity index is 1.36. The molecule has 0 aromatic heterocycles. The van der Waals surface area contributed by atoms with Gasteiger partial charge in [0, 0.05) is 0 Å². The number of hydrogen-bond donors (Lipinski definition) is 0. The average Bonchev–Trinajstić information content (AvgIpc) is 3.41. The van der Waals surface area contributed by atoms with Gasteiger partial charge in [-0.15, -0.1) is 0 Å². The molecular weight excluding hydrogens is 376 g/mol. The van der Waals surface area contributed by atoms with Crippen molar-refractivity contribution in [1.29, 1.82) is 0 Å². The van der Waals surface area contributed by atoms with Gasteiger partial charge in [0.25, 0.3) is 0 Å². The molecule has 0 radical (unpaired) electrons. The first-order valence-electron chi connectivity index (χ1n) is 12.2. The van der Waals surface area contributed by atoms with Crippen LogP contribution in [-0.4, -0.2) is 6.10 Å². The van der Waals surface area contributed by atoms with Crippen LogP contribution in [-0.2, 0) is 10.3 Å². The first-order chi connectivity index (χ1) is 15.4. The molecule has 1 nitrogen and oxygen atoms in total. The largest absolute Gasteiger partial charge is 0.357 e. The molecule has 0 unspecified atom stereocenters. The molecule has 4 aliphatic rings. The Morgan fingerprint density at radius 3 is 1.45 bits per heavy atom. The summed E-state index contributed by atoms with van der Waals surface area (Å²) in [6, 6.07) is 32.8. The van der Waals surface area contributed by atoms with Crippen LogP contribution >= 0.6 is 0 Å². The lowest BCUT2D eigenvalue weighted by Gasteiger charge is -2.50. The number of hydrogen-bond acceptors (Lipinski definition) is 1. The van der Waals surface area contributed by atoms with Crippen molar-refractivity contribution < 1.29 is 4.74 Å². The maximum atomic E-state index is 7.47. The monoisotopic (exact) mass is 406 g/mol. The first-order valence-corrected chi connectivity index (χ1v) is 12.2. The van der Waals surface area contributed by atoms with E-state index < -0.39 is 5.60 Å². The minimum atomic E-state index is -0.549. The van der Waals surface area contributed by atoms with E-state index in [1.54, 1.807) is 0 Å². The van der Waals surface area contributed by atoms with Gasteiger partial charge in [0.2, 0.25) is 0 Å². The summed E-state index contributed by atoms with van der Waals surface area (Å²) >= 11 is 0. The highest BCUT2D eigenvalue weighted by molar-refractivity contribution is 5.48. The summed E-state index contributed by atoms with van der Waals surface area (Å²) in [4.78, 5) is 0. The van der Waals surface area contributed by atoms with Gasteiger partial charge in [-0.1, -0.05) is 104 Å². The second-order valence-corrected chi connectivity index (χ2v) is 10.3. The third-order valence-corrected chi connectivity index (χ3v) is 9.11. The van der Waals surface area contributed by atoms with E-state index in [0.717, 1.165) is 35.5 Å². The Kier molecular flexibility index (Phi) is 4.00. The molecule has 0 amide bonds. The van der Waals surface area contributed by atoms with E-state index in [4.69, 9.17) is 4.74 Å². The Hall–Kier alpha value is -2.38. The van der Waals surface area contributed by atoms with Crippen LogP contribution in [0.25, 0.3) is 0 Å². The van der Waals surface area contributed by atoms with Gasteiger partial charge >= 0.3 is 0 Å². The van der Waals surface area contributed by atoms with Crippen molar-refractivity contribution >= 4 is 0 Å². The zero-order valence-corrected chi connectivity index (χ0v) is 17.9. The molecule has 0 heterocycles. The minimum absolute atomic E-state index is 0.398. The van der Waals surface area contributed by atoms with E-state index >= 15 is 0 Å². The second-order valence-electron chi connectivity index (χ2n) is 10.3. The predicted molar refractivity (Wildman–Crippen MR) is 123 cm³/mol. The molecule has 4 aliphatic carbocycles. The molecule has 7 rings (SSSR count). The van der Waals surface area contributed by atoms with Gasteiger partial charge in [-0.3, -0.25) is 0 Å². The van der Waals surface area contributed by atoms with E-state index in [1.807, 2.05) is 0 Å². The van der Waals surface area contributed by atoms with Crippen LogP contribution in [0.15, 0.2) is 91.0 Å². The van der Waals surface area contributed by atoms with Gasteiger partial charge in [-0.05, 0) is 65.0 Å². The molecule has 0 saturated heterocycles. The SMILES string of the molecule is c1ccc(C(O[C@H]2[C@H]3[C@H]4[C@H]5CCCC[C@H]5[C@@H]2[C@H]43)(c2ccccc2)c2ccccc2)cc1. The van der Waals surface area contributed by atoms with Gasteiger partial charge < -0.3 is 4.74 Å². The molecule has 0 N–H and O–H groups in total. The zero-order valence-electron chi connectivity index (χ0n) is 17.9. The van der Waals surface area contributed by atoms with Crippen molar-refractivity contribution in [2.24, 2.45) is 35.5 Å².